The van der Waals surface area contributed by atoms with Gasteiger partial charge in [-0.25, -0.2) is 14.0 Å². The van der Waals surface area contributed by atoms with Crippen molar-refractivity contribution in [1.29, 1.82) is 0 Å². The lowest BCUT2D eigenvalue weighted by molar-refractivity contribution is 0.0607. The molecule has 0 spiro atoms. The highest BCUT2D eigenvalue weighted by atomic mass is 32.2. The number of amides is 1. The van der Waals surface area contributed by atoms with Crippen LogP contribution in [-0.2, 0) is 14.5 Å². The second-order valence-corrected chi connectivity index (χ2v) is 8.66. The van der Waals surface area contributed by atoms with E-state index in [4.69, 9.17) is 4.74 Å². The van der Waals surface area contributed by atoms with E-state index in [0.717, 1.165) is 26.2 Å². The van der Waals surface area contributed by atoms with Crippen molar-refractivity contribution in [2.45, 2.75) is 31.3 Å². The van der Waals surface area contributed by atoms with Gasteiger partial charge in [0.15, 0.2) is 0 Å². The average Bonchev–Trinajstić information content (AvgIpc) is 2.45. The number of nitrogens with one attached hydrogen (secondary N) is 1. The van der Waals surface area contributed by atoms with Crippen LogP contribution in [0.15, 0.2) is 27.6 Å². The van der Waals surface area contributed by atoms with Crippen LogP contribution < -0.4 is 10.2 Å². The third kappa shape index (κ3) is 4.90. The highest BCUT2D eigenvalue weighted by molar-refractivity contribution is 7.93. The Kier molecular flexibility index (Phi) is 5.26. The molecule has 128 valence electrons. The quantitative estimate of drug-likeness (QED) is 0.885. The Bertz CT molecular complexity index is 684. The summed E-state index contributed by atoms with van der Waals surface area (Å²) in [4.78, 5) is 18.8. The van der Waals surface area contributed by atoms with Crippen LogP contribution in [0.4, 0.5) is 10.6 Å². The number of aromatic nitrogens is 1. The summed E-state index contributed by atoms with van der Waals surface area (Å²) in [6, 6.07) is 3.41. The summed E-state index contributed by atoms with van der Waals surface area (Å²) in [6.45, 7) is 8.45. The van der Waals surface area contributed by atoms with Gasteiger partial charge in [0.05, 0.1) is 14.6 Å². The number of hydrogen-bond acceptors (Lipinski definition) is 6. The molecule has 7 nitrogen and oxygen atoms in total. The first-order valence-electron chi connectivity index (χ1n) is 7.55. The fourth-order valence-corrected chi connectivity index (χ4v) is 3.54. The Morgan fingerprint density at radius 3 is 2.65 bits per heavy atom. The van der Waals surface area contributed by atoms with Crippen molar-refractivity contribution in [2.75, 3.05) is 37.3 Å². The van der Waals surface area contributed by atoms with Gasteiger partial charge in [-0.2, -0.15) is 0 Å². The molecule has 1 aliphatic heterocycles. The van der Waals surface area contributed by atoms with Crippen molar-refractivity contribution < 1.29 is 13.7 Å². The van der Waals surface area contributed by atoms with Crippen molar-refractivity contribution in [3.8, 4) is 0 Å². The predicted molar refractivity (Wildman–Crippen MR) is 90.3 cm³/mol. The van der Waals surface area contributed by atoms with Gasteiger partial charge in [0.1, 0.15) is 11.4 Å². The van der Waals surface area contributed by atoms with Crippen LogP contribution in [-0.4, -0.2) is 53.3 Å². The first kappa shape index (κ1) is 17.7. The van der Waals surface area contributed by atoms with Gasteiger partial charge in [-0.1, -0.05) is 0 Å². The molecular weight excluding hydrogens is 316 g/mol. The number of ether oxygens (including phenoxy) is 1. The van der Waals surface area contributed by atoms with E-state index in [9.17, 15) is 9.00 Å². The number of carbonyl (C=O) groups is 1. The Labute approximate surface area is 137 Å². The fourth-order valence-electron chi connectivity index (χ4n) is 2.26. The van der Waals surface area contributed by atoms with Gasteiger partial charge in [0.2, 0.25) is 0 Å². The van der Waals surface area contributed by atoms with Gasteiger partial charge in [0.25, 0.3) is 0 Å². The standard InChI is InChI=1S/C15H24N4O3S/c1-15(2,3)22-14(20)18-23(4,21)12-6-5-7-17-13(12)19-10-8-16-9-11-19/h5-7,16H,8-11H2,1-4H3. The van der Waals surface area contributed by atoms with Crippen molar-refractivity contribution in [2.24, 2.45) is 4.36 Å². The summed E-state index contributed by atoms with van der Waals surface area (Å²) in [5, 5.41) is 3.26. The molecule has 2 heterocycles. The first-order valence-corrected chi connectivity index (χ1v) is 9.47. The molecule has 0 aromatic carbocycles. The zero-order chi connectivity index (χ0) is 17.1. The minimum absolute atomic E-state index is 0.466. The Morgan fingerprint density at radius 2 is 2.04 bits per heavy atom. The van der Waals surface area contributed by atoms with Crippen LogP contribution in [0.1, 0.15) is 20.8 Å². The molecular formula is C15H24N4O3S. The van der Waals surface area contributed by atoms with E-state index in [1.807, 2.05) is 0 Å². The van der Waals surface area contributed by atoms with Gasteiger partial charge in [0, 0.05) is 38.6 Å². The number of carbonyl (C=O) groups excluding carboxylic acids is 1. The van der Waals surface area contributed by atoms with Gasteiger partial charge < -0.3 is 15.0 Å². The molecule has 0 bridgehead atoms. The van der Waals surface area contributed by atoms with Crippen LogP contribution in [0.3, 0.4) is 0 Å². The van der Waals surface area contributed by atoms with Gasteiger partial charge in [-0.3, -0.25) is 0 Å². The van der Waals surface area contributed by atoms with Gasteiger partial charge in [-0.15, -0.1) is 4.36 Å². The lowest BCUT2D eigenvalue weighted by Crippen LogP contribution is -2.44. The molecule has 0 radical (unpaired) electrons. The molecule has 0 saturated carbocycles. The van der Waals surface area contributed by atoms with E-state index in [2.05, 4.69) is 19.6 Å². The van der Waals surface area contributed by atoms with E-state index >= 15 is 0 Å². The molecule has 1 fully saturated rings. The maximum atomic E-state index is 13.0. The van der Waals surface area contributed by atoms with Crippen molar-refractivity contribution >= 4 is 21.6 Å². The predicted octanol–water partition coefficient (Wildman–Crippen LogP) is 1.88. The lowest BCUT2D eigenvalue weighted by atomic mass is 10.2. The molecule has 1 amide bonds. The summed E-state index contributed by atoms with van der Waals surface area (Å²) in [6.07, 6.45) is 2.28. The molecule has 0 aliphatic carbocycles. The Morgan fingerprint density at radius 1 is 1.39 bits per heavy atom. The van der Waals surface area contributed by atoms with E-state index in [1.165, 1.54) is 6.26 Å². The second-order valence-electron chi connectivity index (χ2n) is 6.44. The Balaban J connectivity index is 2.36. The fraction of sp³-hybridized carbons (Fsp3) is 0.600. The number of rotatable bonds is 2. The van der Waals surface area contributed by atoms with E-state index < -0.39 is 21.4 Å². The third-order valence-corrected chi connectivity index (χ3v) is 4.85. The zero-order valence-electron chi connectivity index (χ0n) is 14.0. The number of pyridine rings is 1. The van der Waals surface area contributed by atoms with Crippen molar-refractivity contribution in [3.05, 3.63) is 18.3 Å². The largest absolute Gasteiger partial charge is 0.442 e. The minimum atomic E-state index is -2.94. The molecule has 2 rings (SSSR count). The monoisotopic (exact) mass is 340 g/mol. The molecule has 1 saturated heterocycles. The molecule has 1 N–H and O–H groups in total. The second kappa shape index (κ2) is 6.84. The first-order chi connectivity index (χ1) is 10.7. The highest BCUT2D eigenvalue weighted by Gasteiger charge is 2.22. The SMILES string of the molecule is CC(C)(C)OC(=O)N=S(C)(=O)c1cccnc1N1CCNCC1. The molecule has 1 aromatic rings. The number of hydrogen-bond donors (Lipinski definition) is 1. The van der Waals surface area contributed by atoms with Crippen LogP contribution in [0.5, 0.6) is 0 Å². The van der Waals surface area contributed by atoms with Crippen LogP contribution >= 0.6 is 0 Å². The molecule has 8 heteroatoms. The summed E-state index contributed by atoms with van der Waals surface area (Å²) in [7, 11) is -2.94. The van der Waals surface area contributed by atoms with E-state index in [-0.39, 0.29) is 0 Å². The average molecular weight is 340 g/mol. The molecule has 1 atom stereocenters. The smallest absolute Gasteiger partial charge is 0.442 e. The highest BCUT2D eigenvalue weighted by Crippen LogP contribution is 2.24. The van der Waals surface area contributed by atoms with Gasteiger partial charge >= 0.3 is 6.09 Å². The topological polar surface area (TPSA) is 83.9 Å². The van der Waals surface area contributed by atoms with Crippen molar-refractivity contribution in [1.82, 2.24) is 10.3 Å². The normalized spacial score (nSPS) is 18.2. The molecule has 1 unspecified atom stereocenters. The van der Waals surface area contributed by atoms with Gasteiger partial charge in [-0.05, 0) is 32.9 Å². The molecule has 1 aromatic heterocycles. The van der Waals surface area contributed by atoms with Crippen molar-refractivity contribution in [3.63, 3.8) is 0 Å². The minimum Gasteiger partial charge on any atom is -0.442 e. The van der Waals surface area contributed by atoms with Crippen LogP contribution in [0.2, 0.25) is 0 Å². The summed E-state index contributed by atoms with van der Waals surface area (Å²) in [5.74, 6) is 0.619. The number of piperazine rings is 1. The van der Waals surface area contributed by atoms with Crippen LogP contribution in [0, 0.1) is 0 Å². The lowest BCUT2D eigenvalue weighted by Gasteiger charge is -2.29. The maximum absolute atomic E-state index is 13.0. The molecule has 23 heavy (non-hydrogen) atoms. The summed E-state index contributed by atoms with van der Waals surface area (Å²) in [5.41, 5.74) is -0.674. The zero-order valence-corrected chi connectivity index (χ0v) is 14.9. The number of nitrogens with zero attached hydrogens (tertiary/aromatic N) is 3. The molecule has 1 aliphatic rings. The summed E-state index contributed by atoms with van der Waals surface area (Å²) >= 11 is 0. The van der Waals surface area contributed by atoms with Crippen LogP contribution in [0.25, 0.3) is 0 Å². The van der Waals surface area contributed by atoms with E-state index in [0.29, 0.717) is 10.7 Å². The third-order valence-electron chi connectivity index (χ3n) is 3.22. The Hall–Kier alpha value is -1.67. The van der Waals surface area contributed by atoms with E-state index in [1.54, 1.807) is 39.1 Å². The number of anilines is 1. The summed E-state index contributed by atoms with van der Waals surface area (Å²) < 4.78 is 22.0. The maximum Gasteiger partial charge on any atom is 0.442 e.